The number of hydrogen-bond acceptors (Lipinski definition) is 3. The summed E-state index contributed by atoms with van der Waals surface area (Å²) in [6.07, 6.45) is 3.37. The van der Waals surface area contributed by atoms with Gasteiger partial charge in [0.05, 0.1) is 11.6 Å². The second-order valence-electron chi connectivity index (χ2n) is 5.18. The minimum absolute atomic E-state index is 0.241. The molecule has 1 aromatic rings. The number of aliphatic hydroxyl groups is 1. The van der Waals surface area contributed by atoms with Gasteiger partial charge in [-0.25, -0.2) is 4.39 Å². The predicted octanol–water partition coefficient (Wildman–Crippen LogP) is 2.20. The summed E-state index contributed by atoms with van der Waals surface area (Å²) in [5.41, 5.74) is 1.00. The van der Waals surface area contributed by atoms with Gasteiger partial charge >= 0.3 is 0 Å². The lowest BCUT2D eigenvalue weighted by atomic mass is 9.97. The van der Waals surface area contributed by atoms with Crippen molar-refractivity contribution in [3.05, 3.63) is 35.1 Å². The largest absolute Gasteiger partial charge is 0.396 e. The van der Waals surface area contributed by atoms with Crippen molar-refractivity contribution in [2.24, 2.45) is 11.8 Å². The fourth-order valence-corrected chi connectivity index (χ4v) is 2.79. The first-order valence-electron chi connectivity index (χ1n) is 6.74. The number of halogens is 1. The minimum Gasteiger partial charge on any atom is -0.396 e. The van der Waals surface area contributed by atoms with E-state index in [1.807, 2.05) is 6.07 Å². The molecule has 1 saturated carbocycles. The van der Waals surface area contributed by atoms with Gasteiger partial charge in [-0.1, -0.05) is 6.42 Å². The Morgan fingerprint density at radius 1 is 1.37 bits per heavy atom. The second kappa shape index (κ2) is 6.65. The zero-order valence-electron chi connectivity index (χ0n) is 10.9. The molecule has 102 valence electrons. The van der Waals surface area contributed by atoms with Crippen LogP contribution in [-0.4, -0.2) is 18.3 Å². The second-order valence-corrected chi connectivity index (χ2v) is 5.18. The molecule has 0 heterocycles. The van der Waals surface area contributed by atoms with Crippen LogP contribution in [0.25, 0.3) is 0 Å². The van der Waals surface area contributed by atoms with E-state index in [-0.39, 0.29) is 12.4 Å². The van der Waals surface area contributed by atoms with Gasteiger partial charge < -0.3 is 10.4 Å². The normalized spacial score (nSPS) is 22.4. The third-order valence-corrected chi connectivity index (χ3v) is 3.95. The van der Waals surface area contributed by atoms with Crippen LogP contribution >= 0.6 is 0 Å². The minimum atomic E-state index is -0.281. The molecule has 2 N–H and O–H groups in total. The Labute approximate surface area is 113 Å². The highest BCUT2D eigenvalue weighted by atomic mass is 19.1. The summed E-state index contributed by atoms with van der Waals surface area (Å²) in [5.74, 6) is 0.576. The van der Waals surface area contributed by atoms with Gasteiger partial charge in [0.25, 0.3) is 0 Å². The molecule has 2 atom stereocenters. The van der Waals surface area contributed by atoms with E-state index < -0.39 is 0 Å². The molecule has 1 aromatic carbocycles. The summed E-state index contributed by atoms with van der Waals surface area (Å²) < 4.78 is 13.6. The molecule has 0 radical (unpaired) electrons. The highest BCUT2D eigenvalue weighted by molar-refractivity contribution is 5.33. The van der Waals surface area contributed by atoms with Crippen LogP contribution in [0.5, 0.6) is 0 Å². The van der Waals surface area contributed by atoms with Gasteiger partial charge in [0, 0.05) is 18.7 Å². The maximum absolute atomic E-state index is 13.6. The van der Waals surface area contributed by atoms with Crippen LogP contribution in [0, 0.1) is 29.0 Å². The summed E-state index contributed by atoms with van der Waals surface area (Å²) in [4.78, 5) is 0. The maximum Gasteiger partial charge on any atom is 0.127 e. The number of aliphatic hydroxyl groups excluding tert-OH is 1. The Morgan fingerprint density at radius 2 is 2.16 bits per heavy atom. The molecular weight excluding hydrogens is 243 g/mol. The van der Waals surface area contributed by atoms with Crippen molar-refractivity contribution < 1.29 is 9.50 Å². The maximum atomic E-state index is 13.6. The standard InChI is InChI=1S/C15H19FN2O/c16-15-5-4-11(7-17)6-14(15)9-18-8-12-2-1-3-13(12)10-19/h4-6,12-13,18-19H,1-3,8-10H2. The van der Waals surface area contributed by atoms with Gasteiger partial charge in [-0.2, -0.15) is 5.26 Å². The van der Waals surface area contributed by atoms with E-state index >= 15 is 0 Å². The summed E-state index contributed by atoms with van der Waals surface area (Å²) >= 11 is 0. The third-order valence-electron chi connectivity index (χ3n) is 3.95. The van der Waals surface area contributed by atoms with E-state index in [4.69, 9.17) is 5.26 Å². The zero-order chi connectivity index (χ0) is 13.7. The van der Waals surface area contributed by atoms with E-state index in [0.29, 0.717) is 29.5 Å². The van der Waals surface area contributed by atoms with E-state index in [9.17, 15) is 9.50 Å². The molecule has 1 aliphatic rings. The SMILES string of the molecule is N#Cc1ccc(F)c(CNCC2CCCC2CO)c1. The summed E-state index contributed by atoms with van der Waals surface area (Å²) in [6, 6.07) is 6.42. The Morgan fingerprint density at radius 3 is 2.89 bits per heavy atom. The smallest absolute Gasteiger partial charge is 0.127 e. The van der Waals surface area contributed by atoms with Crippen LogP contribution < -0.4 is 5.32 Å². The Bertz CT molecular complexity index is 470. The van der Waals surface area contributed by atoms with Crippen molar-refractivity contribution in [2.45, 2.75) is 25.8 Å². The Balaban J connectivity index is 1.87. The average molecular weight is 262 g/mol. The van der Waals surface area contributed by atoms with Crippen molar-refractivity contribution >= 4 is 0 Å². The quantitative estimate of drug-likeness (QED) is 0.855. The molecule has 0 amide bonds. The van der Waals surface area contributed by atoms with Crippen molar-refractivity contribution in [1.29, 1.82) is 5.26 Å². The molecular formula is C15H19FN2O. The molecule has 0 aromatic heterocycles. The highest BCUT2D eigenvalue weighted by Crippen LogP contribution is 2.30. The van der Waals surface area contributed by atoms with E-state index in [1.165, 1.54) is 12.1 Å². The predicted molar refractivity (Wildman–Crippen MR) is 70.7 cm³/mol. The fraction of sp³-hybridized carbons (Fsp3) is 0.533. The number of nitrogens with zero attached hydrogens (tertiary/aromatic N) is 1. The molecule has 0 aliphatic heterocycles. The van der Waals surface area contributed by atoms with Crippen molar-refractivity contribution in [3.8, 4) is 6.07 Å². The molecule has 0 saturated heterocycles. The van der Waals surface area contributed by atoms with E-state index in [0.717, 1.165) is 25.8 Å². The van der Waals surface area contributed by atoms with Gasteiger partial charge in [-0.15, -0.1) is 0 Å². The zero-order valence-corrected chi connectivity index (χ0v) is 10.9. The van der Waals surface area contributed by atoms with Gasteiger partial charge in [-0.05, 0) is 49.4 Å². The Hall–Kier alpha value is -1.44. The molecule has 0 bridgehead atoms. The molecule has 2 rings (SSSR count). The molecule has 19 heavy (non-hydrogen) atoms. The van der Waals surface area contributed by atoms with Crippen molar-refractivity contribution in [1.82, 2.24) is 5.32 Å². The number of nitrogens with one attached hydrogen (secondary N) is 1. The van der Waals surface area contributed by atoms with Gasteiger partial charge in [0.15, 0.2) is 0 Å². The molecule has 4 heteroatoms. The first kappa shape index (κ1) is 14.0. The lowest BCUT2D eigenvalue weighted by Crippen LogP contribution is -2.26. The third kappa shape index (κ3) is 3.52. The molecule has 0 spiro atoms. The number of nitriles is 1. The van der Waals surface area contributed by atoms with Crippen molar-refractivity contribution in [2.75, 3.05) is 13.2 Å². The first-order valence-corrected chi connectivity index (χ1v) is 6.74. The number of hydrogen-bond donors (Lipinski definition) is 2. The number of rotatable bonds is 5. The van der Waals surface area contributed by atoms with Gasteiger partial charge in [0.1, 0.15) is 5.82 Å². The fourth-order valence-electron chi connectivity index (χ4n) is 2.79. The van der Waals surface area contributed by atoms with E-state index in [1.54, 1.807) is 6.07 Å². The summed E-state index contributed by atoms with van der Waals surface area (Å²) in [6.45, 7) is 1.46. The Kier molecular flexibility index (Phi) is 4.89. The summed E-state index contributed by atoms with van der Waals surface area (Å²) in [5, 5.41) is 21.3. The van der Waals surface area contributed by atoms with E-state index in [2.05, 4.69) is 5.32 Å². The molecule has 3 nitrogen and oxygen atoms in total. The molecule has 1 aliphatic carbocycles. The van der Waals surface area contributed by atoms with Gasteiger partial charge in [0.2, 0.25) is 0 Å². The lowest BCUT2D eigenvalue weighted by molar-refractivity contribution is 0.192. The molecule has 1 fully saturated rings. The monoisotopic (exact) mass is 262 g/mol. The van der Waals surface area contributed by atoms with Gasteiger partial charge in [-0.3, -0.25) is 0 Å². The van der Waals surface area contributed by atoms with Crippen LogP contribution in [0.1, 0.15) is 30.4 Å². The van der Waals surface area contributed by atoms with Crippen molar-refractivity contribution in [3.63, 3.8) is 0 Å². The summed E-state index contributed by atoms with van der Waals surface area (Å²) in [7, 11) is 0. The van der Waals surface area contributed by atoms with Crippen LogP contribution in [0.4, 0.5) is 4.39 Å². The van der Waals surface area contributed by atoms with Crippen LogP contribution in [0.15, 0.2) is 18.2 Å². The lowest BCUT2D eigenvalue weighted by Gasteiger charge is -2.18. The first-order chi connectivity index (χ1) is 9.24. The highest BCUT2D eigenvalue weighted by Gasteiger charge is 2.25. The van der Waals surface area contributed by atoms with Crippen LogP contribution in [0.3, 0.4) is 0 Å². The molecule has 2 unspecified atom stereocenters. The topological polar surface area (TPSA) is 56.0 Å². The van der Waals surface area contributed by atoms with Crippen LogP contribution in [-0.2, 0) is 6.54 Å². The average Bonchev–Trinajstić information content (AvgIpc) is 2.88. The van der Waals surface area contributed by atoms with Crippen LogP contribution in [0.2, 0.25) is 0 Å². The number of benzene rings is 1.